The van der Waals surface area contributed by atoms with E-state index in [0.29, 0.717) is 0 Å². The Morgan fingerprint density at radius 1 is 0.310 bits per heavy atom. The van der Waals surface area contributed by atoms with Crippen molar-refractivity contribution < 1.29 is 0 Å². The second-order valence-corrected chi connectivity index (χ2v) is 7.19. The quantitative estimate of drug-likeness (QED) is 0.403. The summed E-state index contributed by atoms with van der Waals surface area (Å²) in [5.41, 5.74) is 10.1. The first-order chi connectivity index (χ1) is 14.4. The standard InChI is InChI=1S/C28H20B/c1-5-13-21(14-6-1)25-26(22-15-7-2-8-16-22)28(24-19-11-4-12-20-24)29-27(25)23-17-9-3-10-18-23/h1-20H/q-1. The molecule has 0 saturated heterocycles. The molecule has 1 heteroatoms. The summed E-state index contributed by atoms with van der Waals surface area (Å²) in [5, 5.41) is 0. The molecule has 0 spiro atoms. The van der Waals surface area contributed by atoms with Gasteiger partial charge in [0.2, 0.25) is 0 Å². The molecule has 1 aliphatic rings. The summed E-state index contributed by atoms with van der Waals surface area (Å²) in [5.74, 6) is 0. The molecule has 0 bridgehead atoms. The summed E-state index contributed by atoms with van der Waals surface area (Å²) in [6.07, 6.45) is 0. The van der Waals surface area contributed by atoms with E-state index in [-0.39, 0.29) is 0 Å². The molecular formula is C28H20B-. The molecule has 4 aromatic rings. The Hall–Kier alpha value is -3.58. The molecule has 136 valence electrons. The number of benzene rings is 4. The summed E-state index contributed by atoms with van der Waals surface area (Å²) in [6, 6.07) is 42.9. The van der Waals surface area contributed by atoms with Gasteiger partial charge < -0.3 is 0 Å². The van der Waals surface area contributed by atoms with Gasteiger partial charge in [-0.25, -0.2) is 0 Å². The Bertz CT molecular complexity index is 1130. The molecule has 0 fully saturated rings. The van der Waals surface area contributed by atoms with Crippen LogP contribution in [0.1, 0.15) is 22.3 Å². The van der Waals surface area contributed by atoms with Crippen LogP contribution >= 0.6 is 0 Å². The van der Waals surface area contributed by atoms with Crippen LogP contribution in [-0.4, -0.2) is 17.5 Å². The van der Waals surface area contributed by atoms with Crippen molar-refractivity contribution in [3.8, 4) is 0 Å². The predicted molar refractivity (Wildman–Crippen MR) is 127 cm³/mol. The van der Waals surface area contributed by atoms with Gasteiger partial charge in [-0.15, -0.1) is 0 Å². The van der Waals surface area contributed by atoms with E-state index in [1.807, 2.05) is 0 Å². The zero-order valence-electron chi connectivity index (χ0n) is 16.1. The summed E-state index contributed by atoms with van der Waals surface area (Å²) < 4.78 is 0. The topological polar surface area (TPSA) is 0 Å². The number of rotatable bonds is 4. The van der Waals surface area contributed by atoms with Gasteiger partial charge in [-0.1, -0.05) is 0 Å². The van der Waals surface area contributed by atoms with Gasteiger partial charge in [0.1, 0.15) is 0 Å². The molecule has 0 unspecified atom stereocenters. The zero-order valence-corrected chi connectivity index (χ0v) is 16.1. The third-order valence-electron chi connectivity index (χ3n) is 5.37. The average molecular weight is 367 g/mol. The summed E-state index contributed by atoms with van der Waals surface area (Å²) in [4.78, 5) is 0. The maximum atomic E-state index is 2.36. The van der Waals surface area contributed by atoms with Crippen LogP contribution in [0.3, 0.4) is 0 Å². The van der Waals surface area contributed by atoms with Gasteiger partial charge in [0.15, 0.2) is 0 Å². The van der Waals surface area contributed by atoms with Gasteiger partial charge >= 0.3 is 172 Å². The van der Waals surface area contributed by atoms with Crippen molar-refractivity contribution in [2.45, 2.75) is 0 Å². The average Bonchev–Trinajstić information content (AvgIpc) is 3.22. The summed E-state index contributed by atoms with van der Waals surface area (Å²) >= 11 is 0. The molecule has 5 rings (SSSR count). The number of hydrogen-bond acceptors (Lipinski definition) is 0. The number of allylic oxidation sites excluding steroid dienone is 2. The van der Waals surface area contributed by atoms with Crippen molar-refractivity contribution in [3.63, 3.8) is 0 Å². The number of hydrogen-bond donors (Lipinski definition) is 0. The minimum absolute atomic E-state index is 1.24. The van der Waals surface area contributed by atoms with E-state index < -0.39 is 0 Å². The fourth-order valence-electron chi connectivity index (χ4n) is 4.06. The van der Waals surface area contributed by atoms with Crippen LogP contribution in [-0.2, 0) is 0 Å². The van der Waals surface area contributed by atoms with Crippen molar-refractivity contribution >= 4 is 28.6 Å². The Morgan fingerprint density at radius 2 is 0.586 bits per heavy atom. The van der Waals surface area contributed by atoms with E-state index in [0.717, 1.165) is 0 Å². The van der Waals surface area contributed by atoms with E-state index in [2.05, 4.69) is 128 Å². The molecule has 4 aromatic carbocycles. The van der Waals surface area contributed by atoms with E-state index in [4.69, 9.17) is 0 Å². The molecule has 0 aromatic heterocycles. The minimum atomic E-state index is 1.24. The van der Waals surface area contributed by atoms with E-state index >= 15 is 0 Å². The van der Waals surface area contributed by atoms with Gasteiger partial charge in [0.25, 0.3) is 0 Å². The molecule has 0 atom stereocenters. The van der Waals surface area contributed by atoms with Gasteiger partial charge in [0.05, 0.1) is 0 Å². The van der Waals surface area contributed by atoms with Gasteiger partial charge in [-0.05, 0) is 0 Å². The van der Waals surface area contributed by atoms with Gasteiger partial charge in [0, 0.05) is 0 Å². The predicted octanol–water partition coefficient (Wildman–Crippen LogP) is 5.76. The van der Waals surface area contributed by atoms with Crippen molar-refractivity contribution in [3.05, 3.63) is 144 Å². The monoisotopic (exact) mass is 367 g/mol. The van der Waals surface area contributed by atoms with E-state index in [1.165, 1.54) is 44.3 Å². The third kappa shape index (κ3) is 3.36. The van der Waals surface area contributed by atoms with Gasteiger partial charge in [-0.3, -0.25) is 0 Å². The normalized spacial score (nSPS) is 13.2. The fraction of sp³-hybridized carbons (Fsp3) is 0. The first kappa shape index (κ1) is 17.5. The third-order valence-corrected chi connectivity index (χ3v) is 5.37. The molecule has 0 N–H and O–H groups in total. The Morgan fingerprint density at radius 3 is 0.897 bits per heavy atom. The fourth-order valence-corrected chi connectivity index (χ4v) is 4.06. The van der Waals surface area contributed by atoms with Crippen LogP contribution in [0.4, 0.5) is 0 Å². The maximum absolute atomic E-state index is 2.36. The van der Waals surface area contributed by atoms with Crippen LogP contribution in [0.5, 0.6) is 0 Å². The molecule has 0 amide bonds. The zero-order chi connectivity index (χ0) is 19.5. The van der Waals surface area contributed by atoms with Gasteiger partial charge in [-0.2, -0.15) is 0 Å². The summed E-state index contributed by atoms with van der Waals surface area (Å²) in [6.45, 7) is 2.36. The van der Waals surface area contributed by atoms with Crippen LogP contribution in [0.15, 0.2) is 121 Å². The van der Waals surface area contributed by atoms with E-state index in [1.54, 1.807) is 0 Å². The first-order valence-corrected chi connectivity index (χ1v) is 9.97. The second-order valence-electron chi connectivity index (χ2n) is 7.19. The molecule has 1 heterocycles. The molecular weight excluding hydrogens is 347 g/mol. The van der Waals surface area contributed by atoms with Crippen LogP contribution in [0, 0.1) is 0 Å². The van der Waals surface area contributed by atoms with E-state index in [9.17, 15) is 0 Å². The van der Waals surface area contributed by atoms with Crippen molar-refractivity contribution in [2.75, 3.05) is 0 Å². The molecule has 0 nitrogen and oxygen atoms in total. The van der Waals surface area contributed by atoms with Crippen LogP contribution < -0.4 is 0 Å². The molecule has 29 heavy (non-hydrogen) atoms. The van der Waals surface area contributed by atoms with Crippen LogP contribution in [0.2, 0.25) is 0 Å². The molecule has 1 aliphatic heterocycles. The second kappa shape index (κ2) is 7.81. The molecule has 0 radical (unpaired) electrons. The Kier molecular flexibility index (Phi) is 4.72. The van der Waals surface area contributed by atoms with Crippen molar-refractivity contribution in [1.29, 1.82) is 0 Å². The Balaban J connectivity index is 1.85. The van der Waals surface area contributed by atoms with Crippen molar-refractivity contribution in [2.24, 2.45) is 0 Å². The first-order valence-electron chi connectivity index (χ1n) is 9.97. The molecule has 0 saturated carbocycles. The van der Waals surface area contributed by atoms with Crippen molar-refractivity contribution in [1.82, 2.24) is 0 Å². The molecule has 0 aliphatic carbocycles. The van der Waals surface area contributed by atoms with Crippen LogP contribution in [0.25, 0.3) is 11.1 Å². The SMILES string of the molecule is [B-]1=C(c2ccccc2)C(c2ccccc2)=C(c2ccccc2)C=1c1ccccc1. The Labute approximate surface area is 172 Å². The summed E-state index contributed by atoms with van der Waals surface area (Å²) in [7, 11) is 0.